The normalized spacial score (nSPS) is 12.8. The molecule has 20 heavy (non-hydrogen) atoms. The maximum atomic E-state index is 12.3. The number of carboxylic acid groups (broad SMARTS) is 1. The first-order valence-corrected chi connectivity index (χ1v) is 6.50. The molecule has 0 saturated carbocycles. The predicted molar refractivity (Wildman–Crippen MR) is 78.6 cm³/mol. The predicted octanol–water partition coefficient (Wildman–Crippen LogP) is 2.20. The summed E-state index contributed by atoms with van der Waals surface area (Å²) in [5.41, 5.74) is 7.14. The number of amides is 1. The minimum Gasteiger partial charge on any atom is -0.481 e. The van der Waals surface area contributed by atoms with Gasteiger partial charge >= 0.3 is 5.97 Å². The second-order valence-corrected chi connectivity index (χ2v) is 6.08. The number of hydrogen-bond acceptors (Lipinski definition) is 3. The SMILES string of the molecule is Cc1ccc(N)c(C(=O)NC(CC(=O)O)C(C)(C)C)c1. The number of rotatable bonds is 4. The van der Waals surface area contributed by atoms with Gasteiger partial charge in [-0.05, 0) is 24.5 Å². The van der Waals surface area contributed by atoms with Crippen molar-refractivity contribution in [3.05, 3.63) is 29.3 Å². The summed E-state index contributed by atoms with van der Waals surface area (Å²) in [5, 5.41) is 11.7. The smallest absolute Gasteiger partial charge is 0.305 e. The molecule has 1 rings (SSSR count). The number of anilines is 1. The van der Waals surface area contributed by atoms with E-state index in [1.54, 1.807) is 12.1 Å². The molecular formula is C15H22N2O3. The number of carboxylic acids is 1. The van der Waals surface area contributed by atoms with E-state index in [1.807, 2.05) is 33.8 Å². The summed E-state index contributed by atoms with van der Waals surface area (Å²) in [6.07, 6.45) is -0.124. The molecule has 0 aromatic heterocycles. The fourth-order valence-electron chi connectivity index (χ4n) is 1.85. The fourth-order valence-corrected chi connectivity index (χ4v) is 1.85. The largest absolute Gasteiger partial charge is 0.481 e. The van der Waals surface area contributed by atoms with E-state index in [4.69, 9.17) is 10.8 Å². The van der Waals surface area contributed by atoms with Gasteiger partial charge in [-0.15, -0.1) is 0 Å². The van der Waals surface area contributed by atoms with Crippen LogP contribution in [0.25, 0.3) is 0 Å². The van der Waals surface area contributed by atoms with Crippen molar-refractivity contribution in [3.63, 3.8) is 0 Å². The average Bonchev–Trinajstić information content (AvgIpc) is 2.29. The van der Waals surface area contributed by atoms with Crippen LogP contribution in [0.15, 0.2) is 18.2 Å². The van der Waals surface area contributed by atoms with E-state index in [0.717, 1.165) is 5.56 Å². The molecular weight excluding hydrogens is 256 g/mol. The molecule has 1 atom stereocenters. The molecule has 0 saturated heterocycles. The van der Waals surface area contributed by atoms with Gasteiger partial charge < -0.3 is 16.2 Å². The van der Waals surface area contributed by atoms with Gasteiger partial charge in [0.15, 0.2) is 0 Å². The topological polar surface area (TPSA) is 92.4 Å². The zero-order valence-corrected chi connectivity index (χ0v) is 12.4. The van der Waals surface area contributed by atoms with Crippen molar-refractivity contribution in [2.24, 2.45) is 5.41 Å². The lowest BCUT2D eigenvalue weighted by molar-refractivity contribution is -0.138. The van der Waals surface area contributed by atoms with Gasteiger partial charge in [0.25, 0.3) is 5.91 Å². The molecule has 1 aromatic carbocycles. The lowest BCUT2D eigenvalue weighted by Crippen LogP contribution is -2.45. The number of benzene rings is 1. The van der Waals surface area contributed by atoms with E-state index in [-0.39, 0.29) is 17.7 Å². The number of aryl methyl sites for hydroxylation is 1. The Balaban J connectivity index is 2.96. The Bertz CT molecular complexity index is 518. The third-order valence-electron chi connectivity index (χ3n) is 3.18. The van der Waals surface area contributed by atoms with Crippen LogP contribution in [0, 0.1) is 12.3 Å². The maximum absolute atomic E-state index is 12.3. The number of nitrogens with two attached hydrogens (primary N) is 1. The molecule has 0 bridgehead atoms. The van der Waals surface area contributed by atoms with E-state index in [1.165, 1.54) is 0 Å². The highest BCUT2D eigenvalue weighted by Gasteiger charge is 2.29. The zero-order chi connectivity index (χ0) is 15.5. The molecule has 0 fully saturated rings. The van der Waals surface area contributed by atoms with E-state index in [2.05, 4.69) is 5.32 Å². The molecule has 0 heterocycles. The van der Waals surface area contributed by atoms with Crippen molar-refractivity contribution in [2.75, 3.05) is 5.73 Å². The van der Waals surface area contributed by atoms with Crippen LogP contribution in [-0.4, -0.2) is 23.0 Å². The van der Waals surface area contributed by atoms with Gasteiger partial charge in [0.2, 0.25) is 0 Å². The van der Waals surface area contributed by atoms with Crippen molar-refractivity contribution in [1.82, 2.24) is 5.32 Å². The standard InChI is InChI=1S/C15H22N2O3/c1-9-5-6-11(16)10(7-9)14(20)17-12(8-13(18)19)15(2,3)4/h5-7,12H,8,16H2,1-4H3,(H,17,20)(H,18,19). The van der Waals surface area contributed by atoms with Crippen LogP contribution in [0.3, 0.4) is 0 Å². The van der Waals surface area contributed by atoms with E-state index in [9.17, 15) is 9.59 Å². The Morgan fingerprint density at radius 2 is 1.95 bits per heavy atom. The molecule has 1 amide bonds. The van der Waals surface area contributed by atoms with Crippen molar-refractivity contribution in [2.45, 2.75) is 40.2 Å². The van der Waals surface area contributed by atoms with E-state index < -0.39 is 12.0 Å². The quantitative estimate of drug-likeness (QED) is 0.736. The maximum Gasteiger partial charge on any atom is 0.305 e. The van der Waals surface area contributed by atoms with Crippen LogP contribution >= 0.6 is 0 Å². The number of nitrogen functional groups attached to an aromatic ring is 1. The van der Waals surface area contributed by atoms with Gasteiger partial charge in [-0.1, -0.05) is 32.4 Å². The number of carbonyl (C=O) groups is 2. The molecule has 0 spiro atoms. The van der Waals surface area contributed by atoms with Crippen LogP contribution in [-0.2, 0) is 4.79 Å². The molecule has 0 aliphatic heterocycles. The fraction of sp³-hybridized carbons (Fsp3) is 0.467. The van der Waals surface area contributed by atoms with Gasteiger partial charge in [0, 0.05) is 11.7 Å². The molecule has 0 aliphatic carbocycles. The highest BCUT2D eigenvalue weighted by molar-refractivity contribution is 5.99. The molecule has 1 aromatic rings. The van der Waals surface area contributed by atoms with Gasteiger partial charge in [-0.2, -0.15) is 0 Å². The van der Waals surface area contributed by atoms with Crippen LogP contribution in [0.4, 0.5) is 5.69 Å². The highest BCUT2D eigenvalue weighted by Crippen LogP contribution is 2.23. The van der Waals surface area contributed by atoms with Crippen molar-refractivity contribution in [3.8, 4) is 0 Å². The summed E-state index contributed by atoms with van der Waals surface area (Å²) in [4.78, 5) is 23.2. The van der Waals surface area contributed by atoms with Gasteiger partial charge in [0.05, 0.1) is 12.0 Å². The van der Waals surface area contributed by atoms with Crippen molar-refractivity contribution >= 4 is 17.6 Å². The monoisotopic (exact) mass is 278 g/mol. The van der Waals surface area contributed by atoms with Gasteiger partial charge in [-0.3, -0.25) is 9.59 Å². The minimum absolute atomic E-state index is 0.124. The molecule has 110 valence electrons. The van der Waals surface area contributed by atoms with Crippen LogP contribution in [0.1, 0.15) is 43.1 Å². The Labute approximate surface area is 119 Å². The number of hydrogen-bond donors (Lipinski definition) is 3. The molecule has 0 radical (unpaired) electrons. The number of aliphatic carboxylic acids is 1. The second-order valence-electron chi connectivity index (χ2n) is 6.08. The lowest BCUT2D eigenvalue weighted by atomic mass is 9.84. The third-order valence-corrected chi connectivity index (χ3v) is 3.18. The van der Waals surface area contributed by atoms with Crippen molar-refractivity contribution < 1.29 is 14.7 Å². The zero-order valence-electron chi connectivity index (χ0n) is 12.4. The van der Waals surface area contributed by atoms with Crippen LogP contribution in [0.5, 0.6) is 0 Å². The molecule has 5 nitrogen and oxygen atoms in total. The van der Waals surface area contributed by atoms with Gasteiger partial charge in [0.1, 0.15) is 0 Å². The molecule has 0 aliphatic rings. The van der Waals surface area contributed by atoms with Gasteiger partial charge in [-0.25, -0.2) is 0 Å². The summed E-state index contributed by atoms with van der Waals surface area (Å²) >= 11 is 0. The first-order valence-electron chi connectivity index (χ1n) is 6.50. The molecule has 4 N–H and O–H groups in total. The lowest BCUT2D eigenvalue weighted by Gasteiger charge is -2.30. The number of carbonyl (C=O) groups excluding carboxylic acids is 1. The summed E-state index contributed by atoms with van der Waals surface area (Å²) in [6.45, 7) is 7.54. The van der Waals surface area contributed by atoms with E-state index in [0.29, 0.717) is 11.3 Å². The second kappa shape index (κ2) is 5.94. The first kappa shape index (κ1) is 16.0. The summed E-state index contributed by atoms with van der Waals surface area (Å²) < 4.78 is 0. The number of nitrogens with one attached hydrogen (secondary N) is 1. The summed E-state index contributed by atoms with van der Waals surface area (Å²) in [7, 11) is 0. The summed E-state index contributed by atoms with van der Waals surface area (Å²) in [6, 6.07) is 4.73. The highest BCUT2D eigenvalue weighted by atomic mass is 16.4. The minimum atomic E-state index is -0.942. The molecule has 5 heteroatoms. The van der Waals surface area contributed by atoms with Crippen LogP contribution < -0.4 is 11.1 Å². The van der Waals surface area contributed by atoms with Crippen LogP contribution in [0.2, 0.25) is 0 Å². The van der Waals surface area contributed by atoms with E-state index >= 15 is 0 Å². The molecule has 1 unspecified atom stereocenters. The first-order chi connectivity index (χ1) is 9.11. The third kappa shape index (κ3) is 4.26. The Hall–Kier alpha value is -2.04. The Morgan fingerprint density at radius 3 is 2.45 bits per heavy atom. The van der Waals surface area contributed by atoms with Crippen molar-refractivity contribution in [1.29, 1.82) is 0 Å². The Morgan fingerprint density at radius 1 is 1.35 bits per heavy atom. The average molecular weight is 278 g/mol. The summed E-state index contributed by atoms with van der Waals surface area (Å²) in [5.74, 6) is -1.28. The Kier molecular flexibility index (Phi) is 4.76.